The summed E-state index contributed by atoms with van der Waals surface area (Å²) in [4.78, 5) is 1.11. The lowest BCUT2D eigenvalue weighted by Gasteiger charge is -2.18. The van der Waals surface area contributed by atoms with E-state index in [-0.39, 0.29) is 4.83 Å². The van der Waals surface area contributed by atoms with Gasteiger partial charge < -0.3 is 18.9 Å². The molecule has 114 valence electrons. The van der Waals surface area contributed by atoms with Crippen LogP contribution in [0.1, 0.15) is 15.3 Å². The fraction of sp³-hybridized carbons (Fsp3) is 0.333. The van der Waals surface area contributed by atoms with E-state index in [0.717, 1.165) is 16.2 Å². The average Bonchev–Trinajstić information content (AvgIpc) is 3.01. The molecule has 0 aliphatic heterocycles. The highest BCUT2D eigenvalue weighted by molar-refractivity contribution is 9.09. The number of hydrogen-bond acceptors (Lipinski definition) is 5. The van der Waals surface area contributed by atoms with Gasteiger partial charge >= 0.3 is 0 Å². The van der Waals surface area contributed by atoms with Gasteiger partial charge in [0.1, 0.15) is 5.75 Å². The molecule has 1 heterocycles. The predicted octanol–water partition coefficient (Wildman–Crippen LogP) is 4.27. The number of thiophene rings is 1. The summed E-state index contributed by atoms with van der Waals surface area (Å²) in [6, 6.07) is 5.84. The zero-order valence-corrected chi connectivity index (χ0v) is 14.7. The lowest BCUT2D eigenvalue weighted by Crippen LogP contribution is -2.00. The highest BCUT2D eigenvalue weighted by Crippen LogP contribution is 2.47. The lowest BCUT2D eigenvalue weighted by molar-refractivity contribution is 0.322. The minimum Gasteiger partial charge on any atom is -0.496 e. The van der Waals surface area contributed by atoms with Crippen LogP contribution < -0.4 is 18.9 Å². The summed E-state index contributed by atoms with van der Waals surface area (Å²) >= 11 is 5.34. The van der Waals surface area contributed by atoms with Gasteiger partial charge in [0.25, 0.3) is 0 Å². The first-order valence-corrected chi connectivity index (χ1v) is 8.01. The minimum atomic E-state index is -0.0128. The van der Waals surface area contributed by atoms with Crippen LogP contribution in [0.25, 0.3) is 0 Å². The minimum absolute atomic E-state index is 0.0128. The van der Waals surface area contributed by atoms with Crippen LogP contribution in [0.15, 0.2) is 23.6 Å². The summed E-state index contributed by atoms with van der Waals surface area (Å²) in [6.07, 6.45) is 0. The molecule has 0 radical (unpaired) electrons. The van der Waals surface area contributed by atoms with E-state index < -0.39 is 0 Å². The van der Waals surface area contributed by atoms with Crippen molar-refractivity contribution in [3.63, 3.8) is 0 Å². The van der Waals surface area contributed by atoms with Crippen molar-refractivity contribution in [1.82, 2.24) is 0 Å². The maximum absolute atomic E-state index is 5.52. The first-order valence-electron chi connectivity index (χ1n) is 6.21. The third-order valence-corrected chi connectivity index (χ3v) is 5.35. The molecule has 0 saturated carbocycles. The fourth-order valence-corrected chi connectivity index (χ4v) is 3.72. The second kappa shape index (κ2) is 7.04. The smallest absolute Gasteiger partial charge is 0.203 e. The highest BCUT2D eigenvalue weighted by atomic mass is 79.9. The molecule has 0 fully saturated rings. The van der Waals surface area contributed by atoms with Crippen molar-refractivity contribution in [1.29, 1.82) is 0 Å². The van der Waals surface area contributed by atoms with Gasteiger partial charge in [-0.2, -0.15) is 0 Å². The number of methoxy groups -OCH3 is 4. The van der Waals surface area contributed by atoms with E-state index in [1.807, 2.05) is 23.6 Å². The number of rotatable bonds is 6. The van der Waals surface area contributed by atoms with Gasteiger partial charge in [0.2, 0.25) is 5.75 Å². The second-order valence-corrected chi connectivity index (χ2v) is 6.03. The van der Waals surface area contributed by atoms with E-state index in [1.165, 1.54) is 0 Å². The van der Waals surface area contributed by atoms with Crippen molar-refractivity contribution in [2.45, 2.75) is 4.83 Å². The predicted molar refractivity (Wildman–Crippen MR) is 87.7 cm³/mol. The molecule has 21 heavy (non-hydrogen) atoms. The molecule has 0 saturated heterocycles. The molecule has 1 aromatic heterocycles. The number of benzene rings is 1. The summed E-state index contributed by atoms with van der Waals surface area (Å²) in [5.41, 5.74) is 0.972. The zero-order valence-electron chi connectivity index (χ0n) is 12.3. The van der Waals surface area contributed by atoms with Crippen molar-refractivity contribution in [2.24, 2.45) is 0 Å². The lowest BCUT2D eigenvalue weighted by atomic mass is 10.1. The molecule has 0 bridgehead atoms. The quantitative estimate of drug-likeness (QED) is 0.709. The van der Waals surface area contributed by atoms with Crippen LogP contribution in [-0.4, -0.2) is 28.4 Å². The van der Waals surface area contributed by atoms with Crippen molar-refractivity contribution < 1.29 is 18.9 Å². The summed E-state index contributed by atoms with van der Waals surface area (Å²) in [7, 11) is 6.48. The Morgan fingerprint density at radius 2 is 1.67 bits per heavy atom. The van der Waals surface area contributed by atoms with Crippen LogP contribution in [0.2, 0.25) is 0 Å². The van der Waals surface area contributed by atoms with Crippen molar-refractivity contribution in [3.8, 4) is 23.0 Å². The van der Waals surface area contributed by atoms with Crippen LogP contribution in [0.3, 0.4) is 0 Å². The largest absolute Gasteiger partial charge is 0.496 e. The van der Waals surface area contributed by atoms with E-state index in [9.17, 15) is 0 Å². The topological polar surface area (TPSA) is 36.9 Å². The van der Waals surface area contributed by atoms with Gasteiger partial charge in [-0.05, 0) is 18.2 Å². The maximum atomic E-state index is 5.52. The van der Waals surface area contributed by atoms with Gasteiger partial charge in [-0.15, -0.1) is 11.3 Å². The number of ether oxygens (including phenoxy) is 4. The van der Waals surface area contributed by atoms with Crippen molar-refractivity contribution in [3.05, 3.63) is 34.0 Å². The molecule has 1 aromatic carbocycles. The molecule has 1 unspecified atom stereocenters. The highest BCUT2D eigenvalue weighted by Gasteiger charge is 2.23. The molecule has 2 rings (SSSR count). The molecule has 0 aliphatic carbocycles. The summed E-state index contributed by atoms with van der Waals surface area (Å²) < 4.78 is 21.5. The summed E-state index contributed by atoms with van der Waals surface area (Å²) in [5, 5.41) is 1.97. The van der Waals surface area contributed by atoms with Crippen LogP contribution in [0.4, 0.5) is 0 Å². The molecular formula is C15H17BrO4S. The monoisotopic (exact) mass is 372 g/mol. The van der Waals surface area contributed by atoms with Gasteiger partial charge in [-0.25, -0.2) is 0 Å². The Kier molecular flexibility index (Phi) is 5.36. The standard InChI is InChI=1S/C15H17BrO4S/c1-17-9-7-12(21-8-9)13(16)10-5-6-11(18-2)15(20-4)14(10)19-3/h5-8,13H,1-4H3. The Morgan fingerprint density at radius 3 is 2.19 bits per heavy atom. The van der Waals surface area contributed by atoms with Gasteiger partial charge in [0, 0.05) is 15.8 Å². The van der Waals surface area contributed by atoms with E-state index in [1.54, 1.807) is 39.8 Å². The van der Waals surface area contributed by atoms with E-state index in [2.05, 4.69) is 15.9 Å². The third kappa shape index (κ3) is 3.11. The van der Waals surface area contributed by atoms with Gasteiger partial charge in [-0.1, -0.05) is 15.9 Å². The Bertz CT molecular complexity index is 612. The fourth-order valence-electron chi connectivity index (χ4n) is 2.05. The van der Waals surface area contributed by atoms with Crippen LogP contribution in [0.5, 0.6) is 23.0 Å². The number of hydrogen-bond donors (Lipinski definition) is 0. The normalized spacial score (nSPS) is 11.9. The number of halogens is 1. The number of alkyl halides is 1. The molecular weight excluding hydrogens is 356 g/mol. The van der Waals surface area contributed by atoms with Crippen molar-refractivity contribution >= 4 is 27.3 Å². The molecule has 0 spiro atoms. The van der Waals surface area contributed by atoms with Crippen molar-refractivity contribution in [2.75, 3.05) is 28.4 Å². The summed E-state index contributed by atoms with van der Waals surface area (Å²) in [5.74, 6) is 2.73. The van der Waals surface area contributed by atoms with E-state index in [0.29, 0.717) is 17.2 Å². The first kappa shape index (κ1) is 16.0. The van der Waals surface area contributed by atoms with Crippen LogP contribution in [0, 0.1) is 0 Å². The van der Waals surface area contributed by atoms with Crippen LogP contribution in [-0.2, 0) is 0 Å². The second-order valence-electron chi connectivity index (χ2n) is 4.18. The van der Waals surface area contributed by atoms with E-state index >= 15 is 0 Å². The van der Waals surface area contributed by atoms with E-state index in [4.69, 9.17) is 18.9 Å². The first-order chi connectivity index (χ1) is 10.2. The Hall–Kier alpha value is -1.40. The Balaban J connectivity index is 2.47. The van der Waals surface area contributed by atoms with Gasteiger partial charge in [0.05, 0.1) is 33.3 Å². The molecule has 0 aliphatic rings. The Labute approximate surface area is 136 Å². The maximum Gasteiger partial charge on any atom is 0.203 e. The van der Waals surface area contributed by atoms with Crippen LogP contribution >= 0.6 is 27.3 Å². The molecule has 0 amide bonds. The van der Waals surface area contributed by atoms with Gasteiger partial charge in [-0.3, -0.25) is 0 Å². The summed E-state index contributed by atoms with van der Waals surface area (Å²) in [6.45, 7) is 0. The average molecular weight is 373 g/mol. The molecule has 1 atom stereocenters. The molecule has 0 N–H and O–H groups in total. The molecule has 2 aromatic rings. The SMILES string of the molecule is COc1csc(C(Br)c2ccc(OC)c(OC)c2OC)c1. The zero-order chi connectivity index (χ0) is 15.4. The Morgan fingerprint density at radius 1 is 0.952 bits per heavy atom. The third-order valence-electron chi connectivity index (χ3n) is 3.09. The molecule has 4 nitrogen and oxygen atoms in total. The molecule has 6 heteroatoms. The van der Waals surface area contributed by atoms with Gasteiger partial charge in [0.15, 0.2) is 11.5 Å².